The smallest absolute Gasteiger partial charge is 0.394 e. The quantitative estimate of drug-likeness (QED) is 0.887. The Morgan fingerprint density at radius 1 is 1.04 bits per heavy atom. The molecule has 0 spiro atoms. The average Bonchev–Trinajstić information content (AvgIpc) is 2.67. The molecule has 0 aromatic heterocycles. The van der Waals surface area contributed by atoms with Crippen LogP contribution in [-0.2, 0) is 6.18 Å². The molecule has 136 valence electrons. The second kappa shape index (κ2) is 7.38. The summed E-state index contributed by atoms with van der Waals surface area (Å²) in [5, 5.41) is 18.6. The van der Waals surface area contributed by atoms with Gasteiger partial charge in [0, 0.05) is 18.2 Å². The summed E-state index contributed by atoms with van der Waals surface area (Å²) in [5.41, 5.74) is 1.69. The molecule has 0 radical (unpaired) electrons. The first-order valence-electron chi connectivity index (χ1n) is 8.47. The normalized spacial score (nSPS) is 20.7. The largest absolute Gasteiger partial charge is 0.416 e. The van der Waals surface area contributed by atoms with E-state index >= 15 is 0 Å². The van der Waals surface area contributed by atoms with Crippen LogP contribution in [0.2, 0.25) is 0 Å². The summed E-state index contributed by atoms with van der Waals surface area (Å²) in [4.78, 5) is 2.08. The summed E-state index contributed by atoms with van der Waals surface area (Å²) in [6, 6.07) is 14.5. The van der Waals surface area contributed by atoms with Crippen molar-refractivity contribution >= 4 is 5.69 Å². The fraction of sp³-hybridized carbons (Fsp3) is 0.350. The van der Waals surface area contributed by atoms with E-state index in [9.17, 15) is 18.3 Å². The Morgan fingerprint density at radius 2 is 1.69 bits per heavy atom. The molecule has 0 amide bonds. The van der Waals surface area contributed by atoms with E-state index in [1.54, 1.807) is 24.3 Å². The number of anilines is 1. The van der Waals surface area contributed by atoms with Crippen molar-refractivity contribution in [3.63, 3.8) is 0 Å². The zero-order valence-electron chi connectivity index (χ0n) is 14.1. The number of piperidine rings is 1. The summed E-state index contributed by atoms with van der Waals surface area (Å²) < 4.78 is 38.2. The molecule has 2 aromatic rings. The molecule has 3 nitrogen and oxygen atoms in total. The summed E-state index contributed by atoms with van der Waals surface area (Å²) in [5.74, 6) is 0.0933. The Labute approximate surface area is 150 Å². The number of alkyl halides is 3. The monoisotopic (exact) mass is 360 g/mol. The van der Waals surface area contributed by atoms with Gasteiger partial charge in [0.25, 0.3) is 0 Å². The van der Waals surface area contributed by atoms with Gasteiger partial charge in [-0.05, 0) is 54.8 Å². The third kappa shape index (κ3) is 3.83. The maximum absolute atomic E-state index is 12.7. The highest BCUT2D eigenvalue weighted by Gasteiger charge is 2.32. The van der Waals surface area contributed by atoms with E-state index in [2.05, 4.69) is 11.0 Å². The van der Waals surface area contributed by atoms with Crippen LogP contribution in [0.3, 0.4) is 0 Å². The van der Waals surface area contributed by atoms with Crippen molar-refractivity contribution in [1.82, 2.24) is 0 Å². The minimum atomic E-state index is -4.33. The van der Waals surface area contributed by atoms with Crippen molar-refractivity contribution < 1.29 is 18.3 Å². The van der Waals surface area contributed by atoms with Gasteiger partial charge < -0.3 is 10.0 Å². The SMILES string of the molecule is N#Cc1ccc(N2CC(c3ccc(C(F)(F)F)cc3)CCC2CO)cc1. The molecule has 1 fully saturated rings. The molecule has 0 bridgehead atoms. The van der Waals surface area contributed by atoms with E-state index in [0.29, 0.717) is 12.1 Å². The Morgan fingerprint density at radius 3 is 2.23 bits per heavy atom. The summed E-state index contributed by atoms with van der Waals surface area (Å²) in [6.07, 6.45) is -2.77. The Kier molecular flexibility index (Phi) is 5.19. The molecule has 2 unspecified atom stereocenters. The minimum absolute atomic E-state index is 0.0136. The predicted octanol–water partition coefficient (Wildman–Crippen LogP) is 4.32. The standard InChI is InChI=1S/C20H19F3N2O/c21-20(22,23)17-6-3-15(4-7-17)16-5-10-19(13-26)25(12-16)18-8-1-14(11-24)2-9-18/h1-4,6-9,16,19,26H,5,10,12-13H2. The number of nitrogens with zero attached hydrogens (tertiary/aromatic N) is 2. The lowest BCUT2D eigenvalue weighted by Crippen LogP contribution is -2.44. The molecule has 1 N–H and O–H groups in total. The van der Waals surface area contributed by atoms with E-state index in [0.717, 1.165) is 36.2 Å². The van der Waals surface area contributed by atoms with Gasteiger partial charge in [-0.2, -0.15) is 18.4 Å². The molecule has 3 rings (SSSR count). The first-order chi connectivity index (χ1) is 12.4. The van der Waals surface area contributed by atoms with Crippen LogP contribution in [0.15, 0.2) is 48.5 Å². The zero-order valence-corrected chi connectivity index (χ0v) is 14.1. The Balaban J connectivity index is 1.81. The van der Waals surface area contributed by atoms with E-state index in [1.165, 1.54) is 0 Å². The molecule has 6 heteroatoms. The van der Waals surface area contributed by atoms with Crippen molar-refractivity contribution in [3.8, 4) is 6.07 Å². The minimum Gasteiger partial charge on any atom is -0.394 e. The van der Waals surface area contributed by atoms with E-state index in [4.69, 9.17) is 5.26 Å². The Bertz CT molecular complexity index is 779. The van der Waals surface area contributed by atoms with Crippen LogP contribution in [0.5, 0.6) is 0 Å². The van der Waals surface area contributed by atoms with Crippen molar-refractivity contribution in [2.75, 3.05) is 18.1 Å². The van der Waals surface area contributed by atoms with Crippen LogP contribution >= 0.6 is 0 Å². The third-order valence-corrected chi connectivity index (χ3v) is 4.95. The van der Waals surface area contributed by atoms with Crippen molar-refractivity contribution in [3.05, 3.63) is 65.2 Å². The molecule has 1 heterocycles. The van der Waals surface area contributed by atoms with Gasteiger partial charge in [0.2, 0.25) is 0 Å². The van der Waals surface area contributed by atoms with E-state index < -0.39 is 11.7 Å². The maximum atomic E-state index is 12.7. The van der Waals surface area contributed by atoms with Crippen LogP contribution in [-0.4, -0.2) is 24.3 Å². The molecule has 2 aromatic carbocycles. The molecule has 0 aliphatic carbocycles. The van der Waals surface area contributed by atoms with Crippen LogP contribution < -0.4 is 4.90 Å². The molecule has 26 heavy (non-hydrogen) atoms. The lowest BCUT2D eigenvalue weighted by atomic mass is 9.86. The first-order valence-corrected chi connectivity index (χ1v) is 8.47. The number of hydrogen-bond acceptors (Lipinski definition) is 3. The highest BCUT2D eigenvalue weighted by Crippen LogP contribution is 2.35. The molecule has 0 saturated carbocycles. The van der Waals surface area contributed by atoms with Crippen molar-refractivity contribution in [2.45, 2.75) is 31.0 Å². The predicted molar refractivity (Wildman–Crippen MR) is 92.8 cm³/mol. The molecular weight excluding hydrogens is 341 g/mol. The maximum Gasteiger partial charge on any atom is 0.416 e. The molecule has 1 aliphatic rings. The highest BCUT2D eigenvalue weighted by atomic mass is 19.4. The first kappa shape index (κ1) is 18.3. The van der Waals surface area contributed by atoms with E-state index in [-0.39, 0.29) is 18.6 Å². The number of aliphatic hydroxyl groups is 1. The second-order valence-corrected chi connectivity index (χ2v) is 6.54. The van der Waals surface area contributed by atoms with Crippen molar-refractivity contribution in [1.29, 1.82) is 5.26 Å². The highest BCUT2D eigenvalue weighted by molar-refractivity contribution is 5.51. The van der Waals surface area contributed by atoms with Gasteiger partial charge in [0.05, 0.1) is 29.8 Å². The van der Waals surface area contributed by atoms with Crippen LogP contribution in [0.1, 0.15) is 35.4 Å². The summed E-state index contributed by atoms with van der Waals surface area (Å²) in [6.45, 7) is 0.627. The van der Waals surface area contributed by atoms with Gasteiger partial charge in [-0.3, -0.25) is 0 Å². The van der Waals surface area contributed by atoms with Gasteiger partial charge in [0.15, 0.2) is 0 Å². The number of rotatable bonds is 3. The molecular formula is C20H19F3N2O. The third-order valence-electron chi connectivity index (χ3n) is 4.95. The number of nitriles is 1. The zero-order chi connectivity index (χ0) is 18.7. The number of aliphatic hydroxyl groups excluding tert-OH is 1. The van der Waals surface area contributed by atoms with Gasteiger partial charge >= 0.3 is 6.18 Å². The van der Waals surface area contributed by atoms with Crippen LogP contribution in [0.25, 0.3) is 0 Å². The van der Waals surface area contributed by atoms with Gasteiger partial charge in [-0.15, -0.1) is 0 Å². The lowest BCUT2D eigenvalue weighted by Gasteiger charge is -2.41. The number of benzene rings is 2. The summed E-state index contributed by atoms with van der Waals surface area (Å²) in [7, 11) is 0. The lowest BCUT2D eigenvalue weighted by molar-refractivity contribution is -0.137. The topological polar surface area (TPSA) is 47.3 Å². The summed E-state index contributed by atoms with van der Waals surface area (Å²) >= 11 is 0. The average molecular weight is 360 g/mol. The van der Waals surface area contributed by atoms with Crippen LogP contribution in [0.4, 0.5) is 18.9 Å². The van der Waals surface area contributed by atoms with Crippen molar-refractivity contribution in [2.24, 2.45) is 0 Å². The van der Waals surface area contributed by atoms with Gasteiger partial charge in [0.1, 0.15) is 0 Å². The molecule has 2 atom stereocenters. The second-order valence-electron chi connectivity index (χ2n) is 6.54. The van der Waals surface area contributed by atoms with Gasteiger partial charge in [-0.25, -0.2) is 0 Å². The van der Waals surface area contributed by atoms with Gasteiger partial charge in [-0.1, -0.05) is 12.1 Å². The number of halogens is 3. The Hall–Kier alpha value is -2.52. The molecule has 1 saturated heterocycles. The fourth-order valence-electron chi connectivity index (χ4n) is 3.48. The fourth-order valence-corrected chi connectivity index (χ4v) is 3.48. The number of hydrogen-bond donors (Lipinski definition) is 1. The van der Waals surface area contributed by atoms with Crippen LogP contribution in [0, 0.1) is 11.3 Å². The molecule has 1 aliphatic heterocycles. The van der Waals surface area contributed by atoms with E-state index in [1.807, 2.05) is 12.1 Å².